The van der Waals surface area contributed by atoms with E-state index in [1.165, 1.54) is 7.11 Å². The number of benzene rings is 2. The minimum absolute atomic E-state index is 0.117. The number of nitrogens with one attached hydrogen (secondary N) is 2. The molecule has 1 aromatic heterocycles. The second-order valence-electron chi connectivity index (χ2n) is 9.38. The van der Waals surface area contributed by atoms with Crippen LogP contribution in [0.25, 0.3) is 0 Å². The van der Waals surface area contributed by atoms with Gasteiger partial charge in [0.05, 0.1) is 50.5 Å². The molecule has 0 spiro atoms. The highest BCUT2D eigenvalue weighted by atomic mass is 31.2. The molecule has 0 radical (unpaired) electrons. The SMILES string of the molecule is COCCOP(Cc1ccc(Nc2nc(Nc3cccc4c3C(=O)N(C)C4)ncc2C(F)(F)F)c(OC)c1)OCCOC. The Balaban J connectivity index is 1.58. The lowest BCUT2D eigenvalue weighted by molar-refractivity contribution is -0.137. The Labute approximate surface area is 248 Å². The van der Waals surface area contributed by atoms with Gasteiger partial charge in [0.15, 0.2) is 8.38 Å². The first kappa shape index (κ1) is 32.4. The van der Waals surface area contributed by atoms with Crippen molar-refractivity contribution in [3.63, 3.8) is 0 Å². The van der Waals surface area contributed by atoms with Crippen molar-refractivity contribution >= 4 is 37.4 Å². The molecule has 2 N–H and O–H groups in total. The van der Waals surface area contributed by atoms with Crippen LogP contribution in [-0.2, 0) is 37.4 Å². The number of rotatable bonds is 15. The monoisotopic (exact) mass is 623 g/mol. The van der Waals surface area contributed by atoms with E-state index < -0.39 is 25.9 Å². The first-order valence-corrected chi connectivity index (χ1v) is 14.5. The van der Waals surface area contributed by atoms with Crippen molar-refractivity contribution in [1.29, 1.82) is 0 Å². The summed E-state index contributed by atoms with van der Waals surface area (Å²) in [4.78, 5) is 22.2. The molecule has 0 saturated carbocycles. The number of anilines is 4. The average molecular weight is 624 g/mol. The minimum Gasteiger partial charge on any atom is -0.495 e. The molecule has 2 heterocycles. The molecule has 0 saturated heterocycles. The van der Waals surface area contributed by atoms with Gasteiger partial charge in [-0.05, 0) is 29.3 Å². The van der Waals surface area contributed by atoms with E-state index in [4.69, 9.17) is 23.3 Å². The van der Waals surface area contributed by atoms with Crippen LogP contribution in [0.5, 0.6) is 5.75 Å². The Morgan fingerprint density at radius 3 is 2.35 bits per heavy atom. The molecule has 0 unspecified atom stereocenters. The van der Waals surface area contributed by atoms with Crippen LogP contribution in [0.1, 0.15) is 27.0 Å². The van der Waals surface area contributed by atoms with Gasteiger partial charge in [0.2, 0.25) is 5.95 Å². The van der Waals surface area contributed by atoms with Crippen LogP contribution in [-0.4, -0.2) is 75.6 Å². The van der Waals surface area contributed by atoms with Crippen LogP contribution >= 0.6 is 8.38 Å². The number of carbonyl (C=O) groups is 1. The van der Waals surface area contributed by atoms with E-state index >= 15 is 0 Å². The number of nitrogens with zero attached hydrogens (tertiary/aromatic N) is 3. The lowest BCUT2D eigenvalue weighted by atomic mass is 10.1. The van der Waals surface area contributed by atoms with Crippen molar-refractivity contribution < 1.29 is 41.2 Å². The second-order valence-corrected chi connectivity index (χ2v) is 10.9. The van der Waals surface area contributed by atoms with Crippen LogP contribution in [0, 0.1) is 0 Å². The topological polar surface area (TPSA) is 116 Å². The Morgan fingerprint density at radius 2 is 1.70 bits per heavy atom. The van der Waals surface area contributed by atoms with Gasteiger partial charge in [-0.3, -0.25) is 4.79 Å². The van der Waals surface area contributed by atoms with Gasteiger partial charge < -0.3 is 38.8 Å². The molecule has 1 amide bonds. The molecule has 1 aliphatic rings. The number of alkyl halides is 3. The van der Waals surface area contributed by atoms with Gasteiger partial charge in [0.25, 0.3) is 5.91 Å². The number of hydrogen-bond acceptors (Lipinski definition) is 10. The van der Waals surface area contributed by atoms with E-state index in [1.54, 1.807) is 56.5 Å². The molecule has 1 aliphatic heterocycles. The molecule has 0 bridgehead atoms. The summed E-state index contributed by atoms with van der Waals surface area (Å²) >= 11 is 0. The number of amides is 1. The summed E-state index contributed by atoms with van der Waals surface area (Å²) in [5, 5.41) is 5.67. The Kier molecular flexibility index (Phi) is 11.1. The average Bonchev–Trinajstić information content (AvgIpc) is 3.27. The number of fused-ring (bicyclic) bond motifs is 1. The molecule has 2 aromatic carbocycles. The van der Waals surface area contributed by atoms with E-state index in [2.05, 4.69) is 20.6 Å². The van der Waals surface area contributed by atoms with Gasteiger partial charge in [0.1, 0.15) is 17.1 Å². The molecular formula is C28H33F3N5O6P. The highest BCUT2D eigenvalue weighted by molar-refractivity contribution is 7.46. The van der Waals surface area contributed by atoms with Crippen molar-refractivity contribution in [3.05, 3.63) is 64.8 Å². The Morgan fingerprint density at radius 1 is 0.977 bits per heavy atom. The van der Waals surface area contributed by atoms with E-state index in [0.29, 0.717) is 56.6 Å². The van der Waals surface area contributed by atoms with Gasteiger partial charge in [-0.25, -0.2) is 4.98 Å². The molecule has 4 rings (SSSR count). The lowest BCUT2D eigenvalue weighted by Gasteiger charge is -2.19. The normalized spacial score (nSPS) is 13.0. The Bertz CT molecular complexity index is 1400. The third-order valence-electron chi connectivity index (χ3n) is 6.34. The second kappa shape index (κ2) is 14.8. The van der Waals surface area contributed by atoms with E-state index in [9.17, 15) is 18.0 Å². The van der Waals surface area contributed by atoms with Gasteiger partial charge >= 0.3 is 6.18 Å². The predicted molar refractivity (Wildman–Crippen MR) is 155 cm³/mol. The number of hydrogen-bond donors (Lipinski definition) is 2. The summed E-state index contributed by atoms with van der Waals surface area (Å²) in [5.41, 5.74) is 1.60. The van der Waals surface area contributed by atoms with Gasteiger partial charge in [-0.2, -0.15) is 18.2 Å². The van der Waals surface area contributed by atoms with Crippen LogP contribution in [0.3, 0.4) is 0 Å². The molecule has 3 aromatic rings. The van der Waals surface area contributed by atoms with E-state index in [1.807, 2.05) is 6.07 Å². The summed E-state index contributed by atoms with van der Waals surface area (Å²) in [7, 11) is 4.90. The molecule has 0 atom stereocenters. The van der Waals surface area contributed by atoms with E-state index in [0.717, 1.165) is 11.1 Å². The number of aromatic nitrogens is 2. The van der Waals surface area contributed by atoms with Crippen molar-refractivity contribution in [2.45, 2.75) is 18.9 Å². The number of ether oxygens (including phenoxy) is 3. The summed E-state index contributed by atoms with van der Waals surface area (Å²) in [6.07, 6.45) is -3.64. The summed E-state index contributed by atoms with van der Waals surface area (Å²) < 4.78 is 69.1. The van der Waals surface area contributed by atoms with Gasteiger partial charge in [-0.15, -0.1) is 0 Å². The predicted octanol–water partition coefficient (Wildman–Crippen LogP) is 5.71. The minimum atomic E-state index is -4.74. The maximum atomic E-state index is 14.0. The first-order chi connectivity index (χ1) is 20.6. The summed E-state index contributed by atoms with van der Waals surface area (Å²) in [5.74, 6) is -0.518. The highest BCUT2D eigenvalue weighted by Crippen LogP contribution is 2.44. The van der Waals surface area contributed by atoms with Crippen LogP contribution < -0.4 is 15.4 Å². The molecule has 0 aliphatic carbocycles. The maximum absolute atomic E-state index is 14.0. The number of carbonyl (C=O) groups excluding carboxylic acids is 1. The third kappa shape index (κ3) is 8.30. The zero-order chi connectivity index (χ0) is 31.0. The molecule has 15 heteroatoms. The summed E-state index contributed by atoms with van der Waals surface area (Å²) in [6, 6.07) is 10.3. The third-order valence-corrected chi connectivity index (χ3v) is 7.90. The van der Waals surface area contributed by atoms with Crippen LogP contribution in [0.2, 0.25) is 0 Å². The number of methoxy groups -OCH3 is 3. The van der Waals surface area contributed by atoms with Gasteiger partial charge in [0, 0.05) is 40.2 Å². The fourth-order valence-corrected chi connectivity index (χ4v) is 5.57. The Hall–Kier alpha value is -3.55. The first-order valence-electron chi connectivity index (χ1n) is 13.2. The van der Waals surface area contributed by atoms with Crippen molar-refractivity contribution in [2.24, 2.45) is 0 Å². The quantitative estimate of drug-likeness (QED) is 0.161. The lowest BCUT2D eigenvalue weighted by Crippen LogP contribution is -2.18. The maximum Gasteiger partial charge on any atom is 0.421 e. The molecular weight excluding hydrogens is 590 g/mol. The van der Waals surface area contributed by atoms with Gasteiger partial charge in [-0.1, -0.05) is 18.2 Å². The largest absolute Gasteiger partial charge is 0.495 e. The summed E-state index contributed by atoms with van der Waals surface area (Å²) in [6.45, 7) is 1.91. The zero-order valence-corrected chi connectivity index (χ0v) is 25.1. The van der Waals surface area contributed by atoms with Crippen LogP contribution in [0.4, 0.5) is 36.3 Å². The van der Waals surface area contributed by atoms with Crippen molar-refractivity contribution in [2.75, 3.05) is 65.4 Å². The smallest absolute Gasteiger partial charge is 0.421 e. The fraction of sp³-hybridized carbons (Fsp3) is 0.393. The van der Waals surface area contributed by atoms with E-state index in [-0.39, 0.29) is 23.3 Å². The number of halogens is 3. The standard InChI is InChI=1S/C28H33F3N5O6P/c1-36-16-19-6-5-7-22(24(19)26(36)37)34-27-32-15-20(28(29,30)31)25(35-27)33-21-9-8-18(14-23(21)40-4)17-43(41-12-10-38-2)42-13-11-39-3/h5-9,14-15H,10-13,16-17H2,1-4H3,(H2,32,33,34,35). The van der Waals surface area contributed by atoms with Crippen molar-refractivity contribution in [3.8, 4) is 5.75 Å². The molecule has 232 valence electrons. The zero-order valence-electron chi connectivity index (χ0n) is 24.2. The fourth-order valence-electron chi connectivity index (χ4n) is 4.26. The molecule has 0 fully saturated rings. The molecule has 11 nitrogen and oxygen atoms in total. The molecule has 43 heavy (non-hydrogen) atoms. The van der Waals surface area contributed by atoms with Crippen LogP contribution in [0.15, 0.2) is 42.6 Å². The highest BCUT2D eigenvalue weighted by Gasteiger charge is 2.36. The van der Waals surface area contributed by atoms with Crippen molar-refractivity contribution in [1.82, 2.24) is 14.9 Å².